The standard InChI is InChI=1S/C16H19NO5/c1-16(2,15(18)20-4)11-6-5-7-12(8-11)21-10-13-9-14(19-3)17-22-13/h5-9H,10H2,1-4H3. The summed E-state index contributed by atoms with van der Waals surface area (Å²) in [5.74, 6) is 1.28. The van der Waals surface area contributed by atoms with Gasteiger partial charge in [-0.15, -0.1) is 0 Å². The molecule has 6 nitrogen and oxygen atoms in total. The molecule has 0 saturated heterocycles. The summed E-state index contributed by atoms with van der Waals surface area (Å²) in [5.41, 5.74) is 0.0656. The number of carbonyl (C=O) groups excluding carboxylic acids is 1. The fourth-order valence-electron chi connectivity index (χ4n) is 1.96. The first-order valence-electron chi connectivity index (χ1n) is 6.78. The molecule has 0 fully saturated rings. The number of esters is 1. The van der Waals surface area contributed by atoms with Gasteiger partial charge in [0.25, 0.3) is 5.88 Å². The molecule has 0 aliphatic rings. The van der Waals surface area contributed by atoms with Gasteiger partial charge in [-0.3, -0.25) is 4.79 Å². The highest BCUT2D eigenvalue weighted by Crippen LogP contribution is 2.28. The topological polar surface area (TPSA) is 70.8 Å². The second-order valence-corrected chi connectivity index (χ2v) is 5.27. The van der Waals surface area contributed by atoms with Gasteiger partial charge < -0.3 is 18.7 Å². The van der Waals surface area contributed by atoms with E-state index >= 15 is 0 Å². The Kier molecular flexibility index (Phi) is 4.70. The van der Waals surface area contributed by atoms with E-state index in [2.05, 4.69) is 5.16 Å². The summed E-state index contributed by atoms with van der Waals surface area (Å²) in [7, 11) is 2.89. The van der Waals surface area contributed by atoms with Crippen LogP contribution in [0.25, 0.3) is 0 Å². The molecule has 1 aromatic carbocycles. The summed E-state index contributed by atoms with van der Waals surface area (Å²) in [6.07, 6.45) is 0. The molecule has 1 aromatic heterocycles. The minimum absolute atomic E-state index is 0.221. The highest BCUT2D eigenvalue weighted by atomic mass is 16.5. The molecule has 22 heavy (non-hydrogen) atoms. The van der Waals surface area contributed by atoms with Crippen LogP contribution in [-0.4, -0.2) is 25.3 Å². The van der Waals surface area contributed by atoms with E-state index in [-0.39, 0.29) is 12.6 Å². The van der Waals surface area contributed by atoms with E-state index in [0.717, 1.165) is 5.56 Å². The first-order chi connectivity index (χ1) is 10.5. The zero-order chi connectivity index (χ0) is 16.2. The molecular formula is C16H19NO5. The number of methoxy groups -OCH3 is 2. The van der Waals surface area contributed by atoms with E-state index in [4.69, 9.17) is 18.7 Å². The molecule has 2 aromatic rings. The SMILES string of the molecule is COC(=O)C(C)(C)c1cccc(OCc2cc(OC)no2)c1. The first-order valence-corrected chi connectivity index (χ1v) is 6.78. The highest BCUT2D eigenvalue weighted by molar-refractivity contribution is 5.82. The molecule has 1 heterocycles. The van der Waals surface area contributed by atoms with Crippen LogP contribution in [0.2, 0.25) is 0 Å². The fourth-order valence-corrected chi connectivity index (χ4v) is 1.96. The van der Waals surface area contributed by atoms with E-state index < -0.39 is 5.41 Å². The Morgan fingerprint density at radius 3 is 2.68 bits per heavy atom. The molecule has 118 valence electrons. The van der Waals surface area contributed by atoms with Crippen molar-refractivity contribution in [1.29, 1.82) is 0 Å². The largest absolute Gasteiger partial charge is 0.486 e. The second-order valence-electron chi connectivity index (χ2n) is 5.27. The molecule has 0 aliphatic heterocycles. The normalized spacial score (nSPS) is 11.1. The molecule has 0 radical (unpaired) electrons. The molecule has 0 aliphatic carbocycles. The first kappa shape index (κ1) is 15.9. The molecule has 0 amide bonds. The summed E-state index contributed by atoms with van der Waals surface area (Å²) < 4.78 is 20.5. The van der Waals surface area contributed by atoms with Crippen molar-refractivity contribution in [2.75, 3.05) is 14.2 Å². The predicted octanol–water partition coefficient (Wildman–Crippen LogP) is 2.71. The lowest BCUT2D eigenvalue weighted by atomic mass is 9.85. The lowest BCUT2D eigenvalue weighted by Gasteiger charge is -2.22. The third-order valence-electron chi connectivity index (χ3n) is 3.38. The summed E-state index contributed by atoms with van der Waals surface area (Å²) >= 11 is 0. The quantitative estimate of drug-likeness (QED) is 0.764. The smallest absolute Gasteiger partial charge is 0.315 e. The molecule has 0 bridgehead atoms. The van der Waals surface area contributed by atoms with E-state index in [9.17, 15) is 4.79 Å². The van der Waals surface area contributed by atoms with Gasteiger partial charge in [-0.25, -0.2) is 0 Å². The van der Waals surface area contributed by atoms with Crippen LogP contribution in [0, 0.1) is 0 Å². The van der Waals surface area contributed by atoms with Crippen molar-refractivity contribution in [3.05, 3.63) is 41.7 Å². The van der Waals surface area contributed by atoms with Crippen molar-refractivity contribution < 1.29 is 23.5 Å². The Hall–Kier alpha value is -2.50. The van der Waals surface area contributed by atoms with Crippen molar-refractivity contribution in [3.63, 3.8) is 0 Å². The average molecular weight is 305 g/mol. The zero-order valence-corrected chi connectivity index (χ0v) is 13.1. The Balaban J connectivity index is 2.10. The Morgan fingerprint density at radius 1 is 1.27 bits per heavy atom. The van der Waals surface area contributed by atoms with Gasteiger partial charge in [0.05, 0.1) is 19.6 Å². The van der Waals surface area contributed by atoms with Gasteiger partial charge in [-0.05, 0) is 36.7 Å². The minimum atomic E-state index is -0.746. The molecular weight excluding hydrogens is 286 g/mol. The Labute approximate surface area is 129 Å². The summed E-state index contributed by atoms with van der Waals surface area (Å²) in [5, 5.41) is 3.70. The maximum Gasteiger partial charge on any atom is 0.315 e. The van der Waals surface area contributed by atoms with Crippen LogP contribution in [-0.2, 0) is 21.6 Å². The van der Waals surface area contributed by atoms with E-state index in [1.54, 1.807) is 19.9 Å². The average Bonchev–Trinajstić information content (AvgIpc) is 3.00. The molecule has 0 N–H and O–H groups in total. The van der Waals surface area contributed by atoms with E-state index in [1.807, 2.05) is 24.3 Å². The molecule has 2 rings (SSSR count). The van der Waals surface area contributed by atoms with Crippen LogP contribution in [0.15, 0.2) is 34.9 Å². The number of benzene rings is 1. The van der Waals surface area contributed by atoms with Crippen LogP contribution in [0.5, 0.6) is 11.6 Å². The summed E-state index contributed by atoms with van der Waals surface area (Å²) in [6.45, 7) is 3.83. The van der Waals surface area contributed by atoms with Crippen LogP contribution in [0.4, 0.5) is 0 Å². The monoisotopic (exact) mass is 305 g/mol. The van der Waals surface area contributed by atoms with Gasteiger partial charge in [-0.1, -0.05) is 12.1 Å². The number of carbonyl (C=O) groups is 1. The lowest BCUT2D eigenvalue weighted by Crippen LogP contribution is -2.30. The second kappa shape index (κ2) is 6.51. The number of hydrogen-bond donors (Lipinski definition) is 0. The van der Waals surface area contributed by atoms with Gasteiger partial charge in [0.1, 0.15) is 12.4 Å². The van der Waals surface area contributed by atoms with Crippen molar-refractivity contribution >= 4 is 5.97 Å². The summed E-state index contributed by atoms with van der Waals surface area (Å²) in [6, 6.07) is 8.97. The van der Waals surface area contributed by atoms with Crippen LogP contribution >= 0.6 is 0 Å². The third kappa shape index (κ3) is 3.39. The van der Waals surface area contributed by atoms with Gasteiger partial charge in [0.15, 0.2) is 5.76 Å². The fraction of sp³-hybridized carbons (Fsp3) is 0.375. The van der Waals surface area contributed by atoms with Crippen molar-refractivity contribution in [3.8, 4) is 11.6 Å². The highest BCUT2D eigenvalue weighted by Gasteiger charge is 2.31. The minimum Gasteiger partial charge on any atom is -0.486 e. The van der Waals surface area contributed by atoms with Gasteiger partial charge in [0, 0.05) is 6.07 Å². The maximum atomic E-state index is 11.9. The van der Waals surface area contributed by atoms with E-state index in [1.165, 1.54) is 14.2 Å². The van der Waals surface area contributed by atoms with Crippen molar-refractivity contribution in [2.24, 2.45) is 0 Å². The number of ether oxygens (including phenoxy) is 3. The molecule has 0 unspecified atom stereocenters. The molecule has 0 spiro atoms. The molecule has 0 atom stereocenters. The van der Waals surface area contributed by atoms with Gasteiger partial charge >= 0.3 is 5.97 Å². The predicted molar refractivity (Wildman–Crippen MR) is 78.9 cm³/mol. The maximum absolute atomic E-state index is 11.9. The van der Waals surface area contributed by atoms with Crippen LogP contribution < -0.4 is 9.47 Å². The van der Waals surface area contributed by atoms with Crippen molar-refractivity contribution in [1.82, 2.24) is 5.16 Å². The Morgan fingerprint density at radius 2 is 2.05 bits per heavy atom. The van der Waals surface area contributed by atoms with Crippen LogP contribution in [0.3, 0.4) is 0 Å². The lowest BCUT2D eigenvalue weighted by molar-refractivity contribution is -0.146. The van der Waals surface area contributed by atoms with E-state index in [0.29, 0.717) is 17.4 Å². The van der Waals surface area contributed by atoms with Crippen LogP contribution in [0.1, 0.15) is 25.2 Å². The number of nitrogens with zero attached hydrogens (tertiary/aromatic N) is 1. The molecule has 0 saturated carbocycles. The number of hydrogen-bond acceptors (Lipinski definition) is 6. The zero-order valence-electron chi connectivity index (χ0n) is 13.1. The third-order valence-corrected chi connectivity index (χ3v) is 3.38. The Bertz CT molecular complexity index is 647. The van der Waals surface area contributed by atoms with Gasteiger partial charge in [0.2, 0.25) is 0 Å². The number of aromatic nitrogens is 1. The number of rotatable bonds is 6. The molecule has 6 heteroatoms. The summed E-state index contributed by atoms with van der Waals surface area (Å²) in [4.78, 5) is 11.9. The van der Waals surface area contributed by atoms with Gasteiger partial charge in [-0.2, -0.15) is 0 Å². The van der Waals surface area contributed by atoms with Crippen molar-refractivity contribution in [2.45, 2.75) is 25.9 Å².